The van der Waals surface area contributed by atoms with Gasteiger partial charge in [-0.2, -0.15) is 13.2 Å². The summed E-state index contributed by atoms with van der Waals surface area (Å²) in [5, 5.41) is 0.484. The second-order valence-corrected chi connectivity index (χ2v) is 9.25. The summed E-state index contributed by atoms with van der Waals surface area (Å²) in [7, 11) is 0. The standard InChI is InChI=1S/C27H19ClF3N5O2/c28-17-5-4-8-19(14-17)38-26-34-21-11-12-35(15-20(21)24(37)36(26)18-6-2-1-3-7-18)25-32-22-10-9-16(27(29,30)31)13-23(22)33-25/h1-10,13-14H,11-12,15H2,(H,32,33). The largest absolute Gasteiger partial charge is 0.425 e. The average molecular weight is 538 g/mol. The molecule has 0 aliphatic carbocycles. The van der Waals surface area contributed by atoms with Crippen LogP contribution in [-0.2, 0) is 19.1 Å². The lowest BCUT2D eigenvalue weighted by Gasteiger charge is -2.28. The zero-order valence-corrected chi connectivity index (χ0v) is 20.4. The number of alkyl halides is 3. The molecule has 0 radical (unpaired) electrons. The summed E-state index contributed by atoms with van der Waals surface area (Å²) in [4.78, 5) is 27.8. The molecule has 11 heteroatoms. The number of benzene rings is 3. The summed E-state index contributed by atoms with van der Waals surface area (Å²) in [6.07, 6.45) is -4.04. The molecule has 0 spiro atoms. The van der Waals surface area contributed by atoms with Crippen LogP contribution in [0.25, 0.3) is 16.7 Å². The van der Waals surface area contributed by atoms with E-state index in [1.54, 1.807) is 48.5 Å². The molecule has 1 N–H and O–H groups in total. The Morgan fingerprint density at radius 3 is 2.55 bits per heavy atom. The SMILES string of the molecule is O=c1c2c(nc(Oc3cccc(Cl)c3)n1-c1ccccc1)CCN(c1nc3ccc(C(F)(F)F)cc3[nH]1)C2. The van der Waals surface area contributed by atoms with Crippen LogP contribution >= 0.6 is 11.6 Å². The first-order valence-corrected chi connectivity index (χ1v) is 12.1. The molecular weight excluding hydrogens is 519 g/mol. The van der Waals surface area contributed by atoms with Crippen LogP contribution in [0, 0.1) is 0 Å². The molecule has 0 saturated carbocycles. The Labute approximate surface area is 219 Å². The van der Waals surface area contributed by atoms with Crippen molar-refractivity contribution in [3.8, 4) is 17.4 Å². The van der Waals surface area contributed by atoms with Gasteiger partial charge < -0.3 is 14.6 Å². The molecule has 6 rings (SSSR count). The van der Waals surface area contributed by atoms with Crippen molar-refractivity contribution in [1.29, 1.82) is 0 Å². The van der Waals surface area contributed by atoms with Gasteiger partial charge in [-0.25, -0.2) is 14.5 Å². The molecule has 192 valence electrons. The number of H-pyrrole nitrogens is 1. The number of aromatic amines is 1. The van der Waals surface area contributed by atoms with Crippen molar-refractivity contribution in [1.82, 2.24) is 19.5 Å². The van der Waals surface area contributed by atoms with E-state index in [4.69, 9.17) is 21.3 Å². The number of rotatable bonds is 4. The molecule has 0 saturated heterocycles. The number of nitrogens with one attached hydrogen (secondary N) is 1. The molecule has 1 aliphatic rings. The Balaban J connectivity index is 1.40. The molecule has 3 heterocycles. The molecule has 3 aromatic carbocycles. The smallest absolute Gasteiger partial charge is 0.416 e. The van der Waals surface area contributed by atoms with Crippen LogP contribution < -0.4 is 15.2 Å². The Morgan fingerprint density at radius 2 is 1.79 bits per heavy atom. The molecule has 2 aromatic heterocycles. The Bertz CT molecular complexity index is 1720. The lowest BCUT2D eigenvalue weighted by Crippen LogP contribution is -2.38. The van der Waals surface area contributed by atoms with Crippen LogP contribution in [0.1, 0.15) is 16.8 Å². The topological polar surface area (TPSA) is 76.0 Å². The third-order valence-electron chi connectivity index (χ3n) is 6.31. The first-order chi connectivity index (χ1) is 18.3. The highest BCUT2D eigenvalue weighted by Crippen LogP contribution is 2.32. The van der Waals surface area contributed by atoms with Crippen LogP contribution in [-0.4, -0.2) is 26.1 Å². The number of ether oxygens (including phenoxy) is 1. The Hall–Kier alpha value is -4.31. The second-order valence-electron chi connectivity index (χ2n) is 8.82. The molecule has 7 nitrogen and oxygen atoms in total. The minimum atomic E-state index is -4.46. The van der Waals surface area contributed by atoms with Crippen molar-refractivity contribution in [2.24, 2.45) is 0 Å². The minimum Gasteiger partial charge on any atom is -0.425 e. The first kappa shape index (κ1) is 24.1. The number of imidazole rings is 1. The molecule has 0 unspecified atom stereocenters. The van der Waals surface area contributed by atoms with Crippen LogP contribution in [0.4, 0.5) is 19.1 Å². The predicted molar refractivity (Wildman–Crippen MR) is 137 cm³/mol. The maximum absolute atomic E-state index is 13.8. The van der Waals surface area contributed by atoms with Crippen LogP contribution in [0.15, 0.2) is 77.6 Å². The third kappa shape index (κ3) is 4.47. The highest BCUT2D eigenvalue weighted by atomic mass is 35.5. The Morgan fingerprint density at radius 1 is 0.974 bits per heavy atom. The molecule has 0 amide bonds. The summed E-state index contributed by atoms with van der Waals surface area (Å²) in [5.41, 5.74) is 1.23. The molecule has 0 bridgehead atoms. The van der Waals surface area contributed by atoms with Gasteiger partial charge in [0.2, 0.25) is 5.95 Å². The lowest BCUT2D eigenvalue weighted by atomic mass is 10.1. The Kier molecular flexibility index (Phi) is 5.83. The third-order valence-corrected chi connectivity index (χ3v) is 6.55. The molecule has 38 heavy (non-hydrogen) atoms. The predicted octanol–water partition coefficient (Wildman–Crippen LogP) is 6.14. The maximum atomic E-state index is 13.8. The van der Waals surface area contributed by atoms with Gasteiger partial charge in [0.1, 0.15) is 5.75 Å². The monoisotopic (exact) mass is 537 g/mol. The number of fused-ring (bicyclic) bond motifs is 2. The van der Waals surface area contributed by atoms with E-state index >= 15 is 0 Å². The van der Waals surface area contributed by atoms with Crippen LogP contribution in [0.3, 0.4) is 0 Å². The average Bonchev–Trinajstić information content (AvgIpc) is 3.32. The normalized spacial score (nSPS) is 13.5. The number of halogens is 4. The van der Waals surface area contributed by atoms with Crippen molar-refractivity contribution in [3.05, 3.63) is 105 Å². The summed E-state index contributed by atoms with van der Waals surface area (Å²) < 4.78 is 46.9. The van der Waals surface area contributed by atoms with E-state index in [1.165, 1.54) is 10.6 Å². The zero-order chi connectivity index (χ0) is 26.4. The number of aromatic nitrogens is 4. The number of nitrogens with zero attached hydrogens (tertiary/aromatic N) is 4. The molecular formula is C27H19ClF3N5O2. The number of hydrogen-bond acceptors (Lipinski definition) is 5. The number of para-hydroxylation sites is 1. The fourth-order valence-corrected chi connectivity index (χ4v) is 4.65. The van der Waals surface area contributed by atoms with Gasteiger partial charge in [-0.05, 0) is 48.5 Å². The van der Waals surface area contributed by atoms with Crippen molar-refractivity contribution < 1.29 is 17.9 Å². The maximum Gasteiger partial charge on any atom is 0.416 e. The summed E-state index contributed by atoms with van der Waals surface area (Å²) >= 11 is 6.11. The molecule has 0 fully saturated rings. The van der Waals surface area contributed by atoms with Gasteiger partial charge in [-0.3, -0.25) is 4.79 Å². The zero-order valence-electron chi connectivity index (χ0n) is 19.7. The van der Waals surface area contributed by atoms with Gasteiger partial charge >= 0.3 is 12.2 Å². The van der Waals surface area contributed by atoms with Crippen molar-refractivity contribution in [2.45, 2.75) is 19.1 Å². The highest BCUT2D eigenvalue weighted by Gasteiger charge is 2.31. The molecule has 1 aliphatic heterocycles. The van der Waals surface area contributed by atoms with Gasteiger partial charge in [0.25, 0.3) is 5.56 Å². The van der Waals surface area contributed by atoms with Gasteiger partial charge in [-0.1, -0.05) is 35.9 Å². The lowest BCUT2D eigenvalue weighted by molar-refractivity contribution is -0.137. The fraction of sp³-hybridized carbons (Fsp3) is 0.148. The van der Waals surface area contributed by atoms with E-state index in [1.807, 2.05) is 11.0 Å². The van der Waals surface area contributed by atoms with Crippen molar-refractivity contribution >= 4 is 28.6 Å². The first-order valence-electron chi connectivity index (χ1n) is 11.7. The van der Waals surface area contributed by atoms with E-state index in [9.17, 15) is 18.0 Å². The minimum absolute atomic E-state index is 0.110. The quantitative estimate of drug-likeness (QED) is 0.298. The second kappa shape index (κ2) is 9.21. The van der Waals surface area contributed by atoms with Crippen LogP contribution in [0.2, 0.25) is 5.02 Å². The van der Waals surface area contributed by atoms with Crippen molar-refractivity contribution in [3.63, 3.8) is 0 Å². The number of hydrogen-bond donors (Lipinski definition) is 1. The van der Waals surface area contributed by atoms with E-state index in [0.29, 0.717) is 52.1 Å². The summed E-state index contributed by atoms with van der Waals surface area (Å²) in [5.74, 6) is 0.821. The van der Waals surface area contributed by atoms with E-state index in [0.717, 1.165) is 12.1 Å². The summed E-state index contributed by atoms with van der Waals surface area (Å²) in [6.45, 7) is 0.634. The van der Waals surface area contributed by atoms with Gasteiger partial charge in [0.05, 0.1) is 40.1 Å². The summed E-state index contributed by atoms with van der Waals surface area (Å²) in [6, 6.07) is 19.3. The van der Waals surface area contributed by atoms with E-state index in [-0.39, 0.29) is 23.6 Å². The number of anilines is 1. The highest BCUT2D eigenvalue weighted by molar-refractivity contribution is 6.30. The van der Waals surface area contributed by atoms with Gasteiger partial charge in [0, 0.05) is 18.0 Å². The van der Waals surface area contributed by atoms with E-state index in [2.05, 4.69) is 9.97 Å². The molecule has 5 aromatic rings. The van der Waals surface area contributed by atoms with E-state index < -0.39 is 11.7 Å². The van der Waals surface area contributed by atoms with Gasteiger partial charge in [0.15, 0.2) is 0 Å². The van der Waals surface area contributed by atoms with Crippen LogP contribution in [0.5, 0.6) is 11.8 Å². The fourth-order valence-electron chi connectivity index (χ4n) is 4.47. The van der Waals surface area contributed by atoms with Gasteiger partial charge in [-0.15, -0.1) is 0 Å². The molecule has 0 atom stereocenters. The van der Waals surface area contributed by atoms with Crippen molar-refractivity contribution in [2.75, 3.05) is 11.4 Å².